The number of phenolic OH excluding ortho intramolecular Hbond substituents is 1. The second-order valence-electron chi connectivity index (χ2n) is 8.44. The number of anilines is 2. The molecule has 3 aromatic rings. The second-order valence-corrected chi connectivity index (χ2v) is 8.44. The molecule has 3 N–H and O–H groups in total. The van der Waals surface area contributed by atoms with Gasteiger partial charge in [0.15, 0.2) is 0 Å². The van der Waals surface area contributed by atoms with Crippen LogP contribution in [0.3, 0.4) is 0 Å². The van der Waals surface area contributed by atoms with Gasteiger partial charge >= 0.3 is 0 Å². The van der Waals surface area contributed by atoms with E-state index in [-0.39, 0.29) is 17.7 Å². The van der Waals surface area contributed by atoms with Crippen molar-refractivity contribution in [3.8, 4) is 5.75 Å². The zero-order valence-corrected chi connectivity index (χ0v) is 18.0. The Bertz CT molecular complexity index is 1160. The Balaban J connectivity index is 1.34. The summed E-state index contributed by atoms with van der Waals surface area (Å²) in [5.74, 6) is 1.12. The summed E-state index contributed by atoms with van der Waals surface area (Å²) in [7, 11) is 0. The molecule has 2 aliphatic rings. The zero-order valence-electron chi connectivity index (χ0n) is 18.0. The Hall–Kier alpha value is -3.80. The first-order valence-electron chi connectivity index (χ1n) is 10.9. The minimum Gasteiger partial charge on any atom is -0.508 e. The van der Waals surface area contributed by atoms with Crippen molar-refractivity contribution in [1.29, 1.82) is 0 Å². The molecule has 3 aromatic carbocycles. The van der Waals surface area contributed by atoms with E-state index in [1.54, 1.807) is 12.1 Å². The Morgan fingerprint density at radius 3 is 2.56 bits per heavy atom. The van der Waals surface area contributed by atoms with Crippen LogP contribution >= 0.6 is 0 Å². The molecule has 162 valence electrons. The van der Waals surface area contributed by atoms with Crippen LogP contribution in [-0.2, 0) is 17.8 Å². The van der Waals surface area contributed by atoms with Crippen LogP contribution in [0.4, 0.5) is 11.4 Å². The van der Waals surface area contributed by atoms with E-state index in [2.05, 4.69) is 52.8 Å². The van der Waals surface area contributed by atoms with Gasteiger partial charge in [-0.3, -0.25) is 9.79 Å². The first kappa shape index (κ1) is 20.1. The van der Waals surface area contributed by atoms with Crippen molar-refractivity contribution in [2.75, 3.05) is 17.2 Å². The van der Waals surface area contributed by atoms with Gasteiger partial charge in [-0.15, -0.1) is 0 Å². The number of carbonyl (C=O) groups is 1. The highest BCUT2D eigenvalue weighted by atomic mass is 16.3. The number of carbonyl (C=O) groups excluding carboxylic acids is 1. The molecule has 2 aliphatic heterocycles. The largest absolute Gasteiger partial charge is 0.508 e. The minimum absolute atomic E-state index is 0.0643. The van der Waals surface area contributed by atoms with Crippen LogP contribution in [0.25, 0.3) is 0 Å². The smallest absolute Gasteiger partial charge is 0.247 e. The molecule has 6 heteroatoms. The average molecular weight is 427 g/mol. The molecule has 0 saturated heterocycles. The van der Waals surface area contributed by atoms with E-state index < -0.39 is 0 Å². The van der Waals surface area contributed by atoms with E-state index in [1.807, 2.05) is 30.3 Å². The standard InChI is InChI=1S/C26H26N4O2/c1-17-15-27-25(30(17)16-19-5-3-2-4-6-19)20-9-12-22-23(14-20)29-26(32)24(28-22)13-18-7-10-21(31)11-8-18/h2-12,14,17,24,28,31H,13,15-16H2,1H3,(H,29,32). The number of hydrogen-bond donors (Lipinski definition) is 3. The highest BCUT2D eigenvalue weighted by Crippen LogP contribution is 2.31. The van der Waals surface area contributed by atoms with Crippen molar-refractivity contribution in [3.05, 3.63) is 89.5 Å². The molecule has 0 fully saturated rings. The van der Waals surface area contributed by atoms with Gasteiger partial charge in [0, 0.05) is 24.6 Å². The maximum atomic E-state index is 12.8. The third-order valence-electron chi connectivity index (χ3n) is 6.06. The van der Waals surface area contributed by atoms with Gasteiger partial charge in [0.1, 0.15) is 17.6 Å². The topological polar surface area (TPSA) is 77.0 Å². The number of fused-ring (bicyclic) bond motifs is 1. The summed E-state index contributed by atoms with van der Waals surface area (Å²) < 4.78 is 0. The lowest BCUT2D eigenvalue weighted by atomic mass is 10.0. The van der Waals surface area contributed by atoms with E-state index in [9.17, 15) is 9.90 Å². The molecular formula is C26H26N4O2. The first-order chi connectivity index (χ1) is 15.6. The summed E-state index contributed by atoms with van der Waals surface area (Å²) in [5.41, 5.74) is 4.91. The van der Waals surface area contributed by atoms with Crippen LogP contribution in [0, 0.1) is 0 Å². The van der Waals surface area contributed by atoms with Gasteiger partial charge in [-0.25, -0.2) is 0 Å². The summed E-state index contributed by atoms with van der Waals surface area (Å²) in [6.45, 7) is 3.75. The number of rotatable bonds is 5. The number of amides is 1. The molecule has 1 amide bonds. The summed E-state index contributed by atoms with van der Waals surface area (Å²) in [4.78, 5) is 19.9. The minimum atomic E-state index is -0.365. The van der Waals surface area contributed by atoms with Crippen molar-refractivity contribution in [2.45, 2.75) is 32.0 Å². The fourth-order valence-corrected chi connectivity index (χ4v) is 4.28. The van der Waals surface area contributed by atoms with Crippen LogP contribution in [0.2, 0.25) is 0 Å². The molecule has 2 unspecified atom stereocenters. The molecule has 0 aromatic heterocycles. The Labute approximate surface area is 187 Å². The average Bonchev–Trinajstić information content (AvgIpc) is 3.16. The van der Waals surface area contributed by atoms with Crippen LogP contribution in [0.15, 0.2) is 77.8 Å². The first-order valence-corrected chi connectivity index (χ1v) is 10.9. The number of nitrogens with zero attached hydrogens (tertiary/aromatic N) is 2. The van der Waals surface area contributed by atoms with E-state index in [0.29, 0.717) is 12.5 Å². The highest BCUT2D eigenvalue weighted by molar-refractivity contribution is 6.06. The van der Waals surface area contributed by atoms with Gasteiger partial charge in [0.05, 0.1) is 17.9 Å². The van der Waals surface area contributed by atoms with Crippen molar-refractivity contribution < 1.29 is 9.90 Å². The van der Waals surface area contributed by atoms with Crippen LogP contribution < -0.4 is 10.6 Å². The van der Waals surface area contributed by atoms with Crippen molar-refractivity contribution >= 4 is 23.1 Å². The number of benzene rings is 3. The summed E-state index contributed by atoms with van der Waals surface area (Å²) >= 11 is 0. The van der Waals surface area contributed by atoms with E-state index >= 15 is 0 Å². The lowest BCUT2D eigenvalue weighted by molar-refractivity contribution is -0.117. The number of aliphatic imine (C=N–C) groups is 1. The fourth-order valence-electron chi connectivity index (χ4n) is 4.28. The van der Waals surface area contributed by atoms with Crippen LogP contribution in [0.5, 0.6) is 5.75 Å². The number of nitrogens with one attached hydrogen (secondary N) is 2. The third kappa shape index (κ3) is 4.04. The Kier molecular flexibility index (Phi) is 5.27. The summed E-state index contributed by atoms with van der Waals surface area (Å²) in [6, 6.07) is 23.4. The molecule has 0 bridgehead atoms. The maximum absolute atomic E-state index is 12.8. The monoisotopic (exact) mass is 426 g/mol. The van der Waals surface area contributed by atoms with Crippen molar-refractivity contribution in [1.82, 2.24) is 4.90 Å². The van der Waals surface area contributed by atoms with Gasteiger partial charge in [-0.05, 0) is 48.4 Å². The number of amidine groups is 1. The number of phenols is 1. The third-order valence-corrected chi connectivity index (χ3v) is 6.06. The molecule has 2 heterocycles. The fraction of sp³-hybridized carbons (Fsp3) is 0.231. The summed E-state index contributed by atoms with van der Waals surface area (Å²) in [5, 5.41) is 15.9. The number of aromatic hydroxyl groups is 1. The normalized spacial score (nSPS) is 19.7. The lowest BCUT2D eigenvalue weighted by Crippen LogP contribution is -2.40. The van der Waals surface area contributed by atoms with Gasteiger partial charge in [0.2, 0.25) is 5.91 Å². The molecule has 32 heavy (non-hydrogen) atoms. The predicted molar refractivity (Wildman–Crippen MR) is 127 cm³/mol. The number of hydrogen-bond acceptors (Lipinski definition) is 5. The molecule has 5 rings (SSSR count). The van der Waals surface area contributed by atoms with Crippen LogP contribution in [-0.4, -0.2) is 40.4 Å². The molecule has 2 atom stereocenters. The van der Waals surface area contributed by atoms with E-state index in [1.165, 1.54) is 5.56 Å². The SMILES string of the molecule is CC1CN=C(c2ccc3c(c2)NC(=O)C(Cc2ccc(O)cc2)N3)N1Cc1ccccc1. The highest BCUT2D eigenvalue weighted by Gasteiger charge is 2.29. The summed E-state index contributed by atoms with van der Waals surface area (Å²) in [6.07, 6.45) is 0.544. The van der Waals surface area contributed by atoms with E-state index in [4.69, 9.17) is 4.99 Å². The lowest BCUT2D eigenvalue weighted by Gasteiger charge is -2.29. The van der Waals surface area contributed by atoms with Gasteiger partial charge in [-0.1, -0.05) is 42.5 Å². The Morgan fingerprint density at radius 1 is 1.00 bits per heavy atom. The van der Waals surface area contributed by atoms with E-state index in [0.717, 1.165) is 41.4 Å². The molecule has 6 nitrogen and oxygen atoms in total. The quantitative estimate of drug-likeness (QED) is 0.576. The van der Waals surface area contributed by atoms with Gasteiger partial charge < -0.3 is 20.6 Å². The maximum Gasteiger partial charge on any atom is 0.247 e. The molecule has 0 saturated carbocycles. The molecule has 0 radical (unpaired) electrons. The molecule has 0 aliphatic carbocycles. The molecule has 0 spiro atoms. The van der Waals surface area contributed by atoms with Gasteiger partial charge in [-0.2, -0.15) is 0 Å². The van der Waals surface area contributed by atoms with Crippen molar-refractivity contribution in [2.24, 2.45) is 4.99 Å². The predicted octanol–water partition coefficient (Wildman–Crippen LogP) is 4.02. The zero-order chi connectivity index (χ0) is 22.1. The Morgan fingerprint density at radius 2 is 1.78 bits per heavy atom. The second kappa shape index (κ2) is 8.38. The van der Waals surface area contributed by atoms with Gasteiger partial charge in [0.25, 0.3) is 0 Å². The van der Waals surface area contributed by atoms with Crippen LogP contribution in [0.1, 0.15) is 23.6 Å². The molecular weight excluding hydrogens is 400 g/mol. The van der Waals surface area contributed by atoms with Crippen molar-refractivity contribution in [3.63, 3.8) is 0 Å².